The van der Waals surface area contributed by atoms with Gasteiger partial charge in [-0.1, -0.05) is 88.8 Å². The summed E-state index contributed by atoms with van der Waals surface area (Å²) in [4.78, 5) is 27.4. The van der Waals surface area contributed by atoms with Crippen LogP contribution in [-0.2, 0) is 12.8 Å². The maximum atomic E-state index is 17.3. The van der Waals surface area contributed by atoms with Crippen LogP contribution in [0.15, 0.2) is 121 Å². The summed E-state index contributed by atoms with van der Waals surface area (Å²) < 4.78 is 43.9. The Balaban J connectivity index is 1.28. The second kappa shape index (κ2) is 20.6. The second-order valence-electron chi connectivity index (χ2n) is 15.7. The smallest absolute Gasteiger partial charge is 0.269 e. The van der Waals surface area contributed by atoms with Gasteiger partial charge in [-0.3, -0.25) is 20.2 Å². The van der Waals surface area contributed by atoms with E-state index in [-0.39, 0.29) is 33.5 Å². The molecule has 0 saturated carbocycles. The molecule has 0 spiro atoms. The van der Waals surface area contributed by atoms with Crippen LogP contribution in [-0.4, -0.2) is 18.6 Å². The molecule has 0 aliphatic rings. The number of rotatable bonds is 20. The van der Waals surface area contributed by atoms with Crippen LogP contribution >= 0.6 is 34.4 Å². The number of nitro benzene ring substituents is 2. The minimum Gasteiger partial charge on any atom is -0.302 e. The van der Waals surface area contributed by atoms with Gasteiger partial charge in [0, 0.05) is 56.8 Å². The number of aryl methyl sites for hydroxylation is 2. The summed E-state index contributed by atoms with van der Waals surface area (Å²) in [6.45, 7) is 4.30. The molecule has 332 valence electrons. The van der Waals surface area contributed by atoms with Crippen LogP contribution in [0, 0.1) is 31.9 Å². The Kier molecular flexibility index (Phi) is 14.3. The van der Waals surface area contributed by atoms with E-state index in [0.717, 1.165) is 95.6 Å². The fraction of sp³-hybridized carbons (Fsp3) is 0.240. The molecular weight excluding hydrogens is 883 g/mol. The molecule has 0 radical (unpaired) electrons. The maximum absolute atomic E-state index is 17.3. The van der Waals surface area contributed by atoms with Crippen molar-refractivity contribution < 1.29 is 18.6 Å². The first kappa shape index (κ1) is 45.2. The van der Waals surface area contributed by atoms with Gasteiger partial charge in [-0.2, -0.15) is 8.75 Å². The van der Waals surface area contributed by atoms with Crippen LogP contribution in [0.25, 0.3) is 31.9 Å². The Morgan fingerprint density at radius 2 is 0.892 bits per heavy atom. The molecular formula is C50H46F2N6O4S3. The zero-order valence-corrected chi connectivity index (χ0v) is 38.4. The molecule has 0 fully saturated rings. The maximum Gasteiger partial charge on any atom is 0.269 e. The van der Waals surface area contributed by atoms with Crippen molar-refractivity contribution in [2.24, 2.45) is 0 Å². The Hall–Kier alpha value is -6.42. The van der Waals surface area contributed by atoms with Crippen LogP contribution < -0.4 is 9.80 Å². The summed E-state index contributed by atoms with van der Waals surface area (Å²) >= 11 is 3.55. The van der Waals surface area contributed by atoms with E-state index < -0.39 is 21.5 Å². The molecule has 3 heterocycles. The zero-order valence-electron chi connectivity index (χ0n) is 35.9. The number of para-hydroxylation sites is 2. The molecule has 0 aliphatic carbocycles. The molecule has 0 amide bonds. The number of halogens is 2. The standard InChI is InChI=1S/C50H46F2N6O4S3/c1-3-5-7-11-17-33-31-41(63-49(33)55(35-19-13-9-14-20-35)37-23-27-39(28-24-37)57(59)60)43-45(51)46(52)44(48-47(43)53-65-54-48)42-32-34(18-12-8-6-4-2)50(64-42)56(36-21-15-10-16-22-36)38-25-29-40(30-26-38)58(61)62/h9-10,13-16,19-32H,3-8,11-12,17-18H2,1-2H3. The van der Waals surface area contributed by atoms with E-state index in [0.29, 0.717) is 34.0 Å². The van der Waals surface area contributed by atoms with E-state index in [4.69, 9.17) is 0 Å². The third-order valence-electron chi connectivity index (χ3n) is 11.3. The van der Waals surface area contributed by atoms with Crippen LogP contribution in [0.1, 0.15) is 76.3 Å². The van der Waals surface area contributed by atoms with Crippen LogP contribution in [0.4, 0.5) is 52.9 Å². The van der Waals surface area contributed by atoms with Crippen molar-refractivity contribution >= 4 is 89.6 Å². The number of hydrogen-bond acceptors (Lipinski definition) is 11. The first-order valence-corrected chi connectivity index (χ1v) is 24.1. The highest BCUT2D eigenvalue weighted by Gasteiger charge is 2.31. The number of non-ortho nitro benzene ring substituents is 2. The largest absolute Gasteiger partial charge is 0.302 e. The fourth-order valence-electron chi connectivity index (χ4n) is 8.07. The van der Waals surface area contributed by atoms with Crippen LogP contribution in [0.2, 0.25) is 0 Å². The van der Waals surface area contributed by atoms with Crippen molar-refractivity contribution in [2.45, 2.75) is 78.1 Å². The van der Waals surface area contributed by atoms with Gasteiger partial charge in [-0.05, 0) is 97.5 Å². The van der Waals surface area contributed by atoms with Crippen molar-refractivity contribution in [1.29, 1.82) is 0 Å². The lowest BCUT2D eigenvalue weighted by molar-refractivity contribution is -0.385. The number of benzene rings is 5. The van der Waals surface area contributed by atoms with Crippen LogP contribution in [0.5, 0.6) is 0 Å². The number of anilines is 6. The Labute approximate surface area is 388 Å². The summed E-state index contributed by atoms with van der Waals surface area (Å²) in [5, 5.41) is 24.8. The molecule has 5 aromatic carbocycles. The van der Waals surface area contributed by atoms with Gasteiger partial charge < -0.3 is 9.80 Å². The molecule has 10 nitrogen and oxygen atoms in total. The number of thiophene rings is 2. The number of nitrogens with zero attached hydrogens (tertiary/aromatic N) is 6. The van der Waals surface area contributed by atoms with Crippen molar-refractivity contribution in [1.82, 2.24) is 8.75 Å². The van der Waals surface area contributed by atoms with Crippen molar-refractivity contribution in [3.05, 3.63) is 164 Å². The second-order valence-corrected chi connectivity index (χ2v) is 18.3. The predicted molar refractivity (Wildman–Crippen MR) is 262 cm³/mol. The minimum atomic E-state index is -1.03. The van der Waals surface area contributed by atoms with Gasteiger partial charge in [0.1, 0.15) is 21.0 Å². The minimum absolute atomic E-state index is 0.0335. The van der Waals surface area contributed by atoms with Gasteiger partial charge in [0.2, 0.25) is 0 Å². The Bertz CT molecular complexity index is 2710. The molecule has 0 bridgehead atoms. The normalized spacial score (nSPS) is 11.3. The molecule has 0 unspecified atom stereocenters. The van der Waals surface area contributed by atoms with E-state index in [9.17, 15) is 20.2 Å². The van der Waals surface area contributed by atoms with Gasteiger partial charge in [0.15, 0.2) is 11.6 Å². The topological polar surface area (TPSA) is 119 Å². The number of nitro groups is 2. The Morgan fingerprint density at radius 1 is 0.523 bits per heavy atom. The summed E-state index contributed by atoms with van der Waals surface area (Å²) in [7, 11) is 0. The highest BCUT2D eigenvalue weighted by Crippen LogP contribution is 2.51. The van der Waals surface area contributed by atoms with Crippen molar-refractivity contribution in [3.63, 3.8) is 0 Å². The molecule has 15 heteroatoms. The van der Waals surface area contributed by atoms with Gasteiger partial charge >= 0.3 is 0 Å². The predicted octanol–water partition coefficient (Wildman–Crippen LogP) is 16.4. The van der Waals surface area contributed by atoms with E-state index in [2.05, 4.69) is 22.6 Å². The summed E-state index contributed by atoms with van der Waals surface area (Å²) in [5.74, 6) is -2.05. The zero-order chi connectivity index (χ0) is 45.5. The number of fused-ring (bicyclic) bond motifs is 1. The van der Waals surface area contributed by atoms with Gasteiger partial charge in [-0.15, -0.1) is 22.7 Å². The molecule has 0 N–H and O–H groups in total. The number of hydrogen-bond donors (Lipinski definition) is 0. The molecule has 8 rings (SSSR count). The van der Waals surface area contributed by atoms with Gasteiger partial charge in [0.25, 0.3) is 11.4 Å². The molecule has 0 saturated heterocycles. The lowest BCUT2D eigenvalue weighted by Gasteiger charge is -2.25. The third-order valence-corrected chi connectivity index (χ3v) is 14.2. The summed E-state index contributed by atoms with van der Waals surface area (Å²) in [6.07, 6.45) is 9.34. The summed E-state index contributed by atoms with van der Waals surface area (Å²) in [5.41, 5.74) is 5.37. The third kappa shape index (κ3) is 9.68. The molecule has 3 aromatic heterocycles. The summed E-state index contributed by atoms with van der Waals surface area (Å²) in [6, 6.07) is 35.9. The Morgan fingerprint density at radius 3 is 1.25 bits per heavy atom. The fourth-order valence-corrected chi connectivity index (χ4v) is 11.2. The van der Waals surface area contributed by atoms with E-state index in [1.165, 1.54) is 46.9 Å². The number of unbranched alkanes of at least 4 members (excludes halogenated alkanes) is 6. The number of aromatic nitrogens is 2. The average molecular weight is 929 g/mol. The van der Waals surface area contributed by atoms with Gasteiger partial charge in [0.05, 0.1) is 32.7 Å². The lowest BCUT2D eigenvalue weighted by Crippen LogP contribution is -2.10. The highest BCUT2D eigenvalue weighted by molar-refractivity contribution is 7.20. The van der Waals surface area contributed by atoms with Crippen LogP contribution in [0.3, 0.4) is 0 Å². The van der Waals surface area contributed by atoms with E-state index >= 15 is 8.78 Å². The monoisotopic (exact) mass is 928 g/mol. The first-order valence-electron chi connectivity index (χ1n) is 21.8. The quantitative estimate of drug-likeness (QED) is 0.0421. The SMILES string of the molecule is CCCCCCc1cc(-c2c(F)c(F)c(-c3cc(CCCCCC)c(N(c4ccccc4)c4ccc([N+](=O)[O-])cc4)s3)c3nsnc23)sc1N(c1ccccc1)c1ccc([N+](=O)[O-])cc1. The van der Waals surface area contributed by atoms with E-state index in [1.807, 2.05) is 82.6 Å². The highest BCUT2D eigenvalue weighted by atomic mass is 32.1. The molecule has 0 atom stereocenters. The lowest BCUT2D eigenvalue weighted by atomic mass is 10.0. The molecule has 65 heavy (non-hydrogen) atoms. The molecule has 8 aromatic rings. The van der Waals surface area contributed by atoms with Crippen molar-refractivity contribution in [2.75, 3.05) is 9.80 Å². The first-order chi connectivity index (χ1) is 31.7. The van der Waals surface area contributed by atoms with Gasteiger partial charge in [-0.25, -0.2) is 8.78 Å². The molecule has 0 aliphatic heterocycles. The average Bonchev–Trinajstić information content (AvgIpc) is 4.08. The van der Waals surface area contributed by atoms with E-state index in [1.54, 1.807) is 24.3 Å². The van der Waals surface area contributed by atoms with Crippen molar-refractivity contribution in [3.8, 4) is 20.9 Å².